The van der Waals surface area contributed by atoms with Crippen molar-refractivity contribution >= 4 is 51.9 Å². The fourth-order valence-electron chi connectivity index (χ4n) is 2.67. The van der Waals surface area contributed by atoms with E-state index in [2.05, 4.69) is 0 Å². The summed E-state index contributed by atoms with van der Waals surface area (Å²) in [6, 6.07) is 6.85. The molecule has 2 aromatic rings. The van der Waals surface area contributed by atoms with Gasteiger partial charge in [0.2, 0.25) is 5.75 Å². The summed E-state index contributed by atoms with van der Waals surface area (Å²) in [5.74, 6) is -2.00. The summed E-state index contributed by atoms with van der Waals surface area (Å²) >= 11 is 6.32. The second kappa shape index (κ2) is 8.02. The standard InChI is InChI=1S/C19H15NO7S2/c1-26-13-5-9(6-14(27-2)16(13)22)7-15-17(23)20(19(28)29-15)10-3-4-12(21)11(8-10)18(24)25/h3-8,21-22H,1-2H3,(H,24,25)/b15-7+. The summed E-state index contributed by atoms with van der Waals surface area (Å²) in [6.07, 6.45) is 1.56. The van der Waals surface area contributed by atoms with E-state index >= 15 is 0 Å². The number of carboxylic acid groups (broad SMARTS) is 1. The molecule has 0 atom stereocenters. The smallest absolute Gasteiger partial charge is 0.339 e. The topological polar surface area (TPSA) is 117 Å². The van der Waals surface area contributed by atoms with Crippen LogP contribution in [0.25, 0.3) is 6.08 Å². The Morgan fingerprint density at radius 1 is 1.14 bits per heavy atom. The molecule has 150 valence electrons. The molecule has 8 nitrogen and oxygen atoms in total. The van der Waals surface area contributed by atoms with E-state index < -0.39 is 17.6 Å². The minimum absolute atomic E-state index is 0.162. The monoisotopic (exact) mass is 433 g/mol. The van der Waals surface area contributed by atoms with Crippen molar-refractivity contribution in [3.8, 4) is 23.0 Å². The zero-order valence-electron chi connectivity index (χ0n) is 15.2. The number of thiocarbonyl (C=S) groups is 1. The van der Waals surface area contributed by atoms with Crippen LogP contribution in [0.2, 0.25) is 0 Å². The number of amides is 1. The molecule has 1 aliphatic rings. The third-order valence-electron chi connectivity index (χ3n) is 4.06. The van der Waals surface area contributed by atoms with Gasteiger partial charge in [0.15, 0.2) is 15.8 Å². The molecule has 0 radical (unpaired) electrons. The van der Waals surface area contributed by atoms with Crippen LogP contribution in [0, 0.1) is 0 Å². The number of rotatable bonds is 5. The Morgan fingerprint density at radius 3 is 2.31 bits per heavy atom. The Bertz CT molecular complexity index is 1040. The third-order valence-corrected chi connectivity index (χ3v) is 5.36. The lowest BCUT2D eigenvalue weighted by atomic mass is 10.1. The highest BCUT2D eigenvalue weighted by molar-refractivity contribution is 8.27. The van der Waals surface area contributed by atoms with E-state index in [1.807, 2.05) is 0 Å². The predicted octanol–water partition coefficient (Wildman–Crippen LogP) is 3.22. The maximum atomic E-state index is 12.9. The summed E-state index contributed by atoms with van der Waals surface area (Å²) in [6.45, 7) is 0. The van der Waals surface area contributed by atoms with Gasteiger partial charge in [-0.1, -0.05) is 24.0 Å². The van der Waals surface area contributed by atoms with E-state index in [4.69, 9.17) is 21.7 Å². The first-order chi connectivity index (χ1) is 13.8. The number of methoxy groups -OCH3 is 2. The van der Waals surface area contributed by atoms with Crippen LogP contribution in [0.4, 0.5) is 5.69 Å². The van der Waals surface area contributed by atoms with E-state index in [1.54, 1.807) is 6.08 Å². The van der Waals surface area contributed by atoms with Crippen LogP contribution in [0.3, 0.4) is 0 Å². The number of anilines is 1. The van der Waals surface area contributed by atoms with Crippen LogP contribution >= 0.6 is 24.0 Å². The molecule has 0 bridgehead atoms. The number of phenols is 2. The second-order valence-electron chi connectivity index (χ2n) is 5.80. The third kappa shape index (κ3) is 3.84. The molecule has 1 aliphatic heterocycles. The number of thioether (sulfide) groups is 1. The van der Waals surface area contributed by atoms with Crippen LogP contribution in [0.5, 0.6) is 23.0 Å². The average Bonchev–Trinajstić information content (AvgIpc) is 2.96. The Balaban J connectivity index is 2.00. The molecule has 0 aliphatic carbocycles. The van der Waals surface area contributed by atoms with Crippen LogP contribution in [0.15, 0.2) is 35.2 Å². The first kappa shape index (κ1) is 20.5. The van der Waals surface area contributed by atoms with Gasteiger partial charge in [0.25, 0.3) is 5.91 Å². The normalized spacial score (nSPS) is 15.1. The SMILES string of the molecule is COc1cc(/C=C2/SC(=S)N(c3ccc(O)c(C(=O)O)c3)C2=O)cc(OC)c1O. The lowest BCUT2D eigenvalue weighted by molar-refractivity contribution is -0.113. The molecule has 0 saturated carbocycles. The van der Waals surface area contributed by atoms with Crippen molar-refractivity contribution in [3.05, 3.63) is 46.4 Å². The fourth-order valence-corrected chi connectivity index (χ4v) is 3.97. The van der Waals surface area contributed by atoms with Gasteiger partial charge in [-0.3, -0.25) is 9.69 Å². The van der Waals surface area contributed by atoms with Gasteiger partial charge in [0.1, 0.15) is 11.3 Å². The number of hydrogen-bond acceptors (Lipinski definition) is 8. The van der Waals surface area contributed by atoms with Crippen molar-refractivity contribution in [2.24, 2.45) is 0 Å². The second-order valence-corrected chi connectivity index (χ2v) is 7.47. The maximum absolute atomic E-state index is 12.9. The Kier molecular flexibility index (Phi) is 5.66. The van der Waals surface area contributed by atoms with Gasteiger partial charge in [-0.15, -0.1) is 0 Å². The van der Waals surface area contributed by atoms with Crippen LogP contribution in [-0.4, -0.2) is 45.7 Å². The predicted molar refractivity (Wildman–Crippen MR) is 112 cm³/mol. The number of carbonyl (C=O) groups excluding carboxylic acids is 1. The Hall–Kier alpha value is -3.24. The molecule has 3 N–H and O–H groups in total. The van der Waals surface area contributed by atoms with Gasteiger partial charge in [0, 0.05) is 0 Å². The number of aromatic hydroxyl groups is 2. The maximum Gasteiger partial charge on any atom is 0.339 e. The minimum atomic E-state index is -1.33. The Morgan fingerprint density at radius 2 is 1.76 bits per heavy atom. The first-order valence-electron chi connectivity index (χ1n) is 8.06. The molecule has 3 rings (SSSR count). The molecule has 1 saturated heterocycles. The number of nitrogens with zero attached hydrogens (tertiary/aromatic N) is 1. The Labute approximate surface area is 175 Å². The van der Waals surface area contributed by atoms with Crippen molar-refractivity contribution in [2.75, 3.05) is 19.1 Å². The minimum Gasteiger partial charge on any atom is -0.507 e. The van der Waals surface area contributed by atoms with Gasteiger partial charge < -0.3 is 24.8 Å². The van der Waals surface area contributed by atoms with Crippen molar-refractivity contribution in [3.63, 3.8) is 0 Å². The van der Waals surface area contributed by atoms with Gasteiger partial charge in [-0.25, -0.2) is 4.79 Å². The van der Waals surface area contributed by atoms with Crippen LogP contribution < -0.4 is 14.4 Å². The van der Waals surface area contributed by atoms with E-state index in [9.17, 15) is 24.9 Å². The molecule has 1 fully saturated rings. The molecular formula is C19H15NO7S2. The van der Waals surface area contributed by atoms with Crippen molar-refractivity contribution in [1.29, 1.82) is 0 Å². The number of benzene rings is 2. The molecule has 1 heterocycles. The summed E-state index contributed by atoms with van der Waals surface area (Å²) in [5, 5.41) is 28.9. The van der Waals surface area contributed by atoms with E-state index in [-0.39, 0.29) is 37.7 Å². The molecular weight excluding hydrogens is 418 g/mol. The molecule has 2 aromatic carbocycles. The van der Waals surface area contributed by atoms with E-state index in [0.29, 0.717) is 5.56 Å². The van der Waals surface area contributed by atoms with Crippen LogP contribution in [-0.2, 0) is 4.79 Å². The van der Waals surface area contributed by atoms with E-state index in [1.165, 1.54) is 49.5 Å². The average molecular weight is 433 g/mol. The van der Waals surface area contributed by atoms with Crippen molar-refractivity contribution in [2.45, 2.75) is 0 Å². The number of ether oxygens (including phenoxy) is 2. The number of hydrogen-bond donors (Lipinski definition) is 3. The quantitative estimate of drug-likeness (QED) is 0.483. The number of carbonyl (C=O) groups is 2. The summed E-state index contributed by atoms with van der Waals surface area (Å²) in [7, 11) is 2.78. The molecule has 29 heavy (non-hydrogen) atoms. The summed E-state index contributed by atoms with van der Waals surface area (Å²) in [4.78, 5) is 25.6. The number of aromatic carboxylic acids is 1. The highest BCUT2D eigenvalue weighted by Gasteiger charge is 2.34. The molecule has 10 heteroatoms. The zero-order chi connectivity index (χ0) is 21.3. The largest absolute Gasteiger partial charge is 0.507 e. The molecule has 0 unspecified atom stereocenters. The summed E-state index contributed by atoms with van der Waals surface area (Å²) < 4.78 is 10.4. The summed E-state index contributed by atoms with van der Waals surface area (Å²) in [5.41, 5.74) is 0.425. The number of phenolic OH excluding ortho intramolecular Hbond substituents is 1. The molecule has 0 aromatic heterocycles. The van der Waals surface area contributed by atoms with Gasteiger partial charge in [-0.05, 0) is 42.0 Å². The lowest BCUT2D eigenvalue weighted by Crippen LogP contribution is -2.27. The lowest BCUT2D eigenvalue weighted by Gasteiger charge is -2.15. The van der Waals surface area contributed by atoms with Gasteiger partial charge in [0.05, 0.1) is 24.8 Å². The van der Waals surface area contributed by atoms with Crippen LogP contribution in [0.1, 0.15) is 15.9 Å². The fraction of sp³-hybridized carbons (Fsp3) is 0.105. The van der Waals surface area contributed by atoms with Gasteiger partial charge >= 0.3 is 5.97 Å². The van der Waals surface area contributed by atoms with Crippen molar-refractivity contribution < 1.29 is 34.4 Å². The highest BCUT2D eigenvalue weighted by Crippen LogP contribution is 2.40. The van der Waals surface area contributed by atoms with E-state index in [0.717, 1.165) is 11.8 Å². The van der Waals surface area contributed by atoms with Crippen molar-refractivity contribution in [1.82, 2.24) is 0 Å². The number of carboxylic acids is 1. The molecule has 0 spiro atoms. The molecule has 1 amide bonds. The highest BCUT2D eigenvalue weighted by atomic mass is 32.2. The van der Waals surface area contributed by atoms with Gasteiger partial charge in [-0.2, -0.15) is 0 Å². The first-order valence-corrected chi connectivity index (χ1v) is 9.28. The zero-order valence-corrected chi connectivity index (χ0v) is 16.8.